The third-order valence-corrected chi connectivity index (χ3v) is 5.10. The molecule has 0 aliphatic rings. The highest BCUT2D eigenvalue weighted by molar-refractivity contribution is 5.93. The molecule has 0 radical (unpaired) electrons. The van der Waals surface area contributed by atoms with Gasteiger partial charge in [0.15, 0.2) is 5.96 Å². The maximum absolute atomic E-state index is 12.8. The summed E-state index contributed by atoms with van der Waals surface area (Å²) in [5, 5.41) is 18.3. The zero-order valence-electron chi connectivity index (χ0n) is 20.7. The van der Waals surface area contributed by atoms with Gasteiger partial charge in [-0.2, -0.15) is 0 Å². The van der Waals surface area contributed by atoms with Crippen LogP contribution in [0.2, 0.25) is 0 Å². The Bertz CT molecular complexity index is 757. The molecule has 0 fully saturated rings. The van der Waals surface area contributed by atoms with Crippen molar-refractivity contribution in [3.05, 3.63) is 0 Å². The van der Waals surface area contributed by atoms with Crippen LogP contribution in [-0.2, 0) is 28.8 Å². The molecule has 0 aliphatic heterocycles. The Labute approximate surface area is 210 Å². The Kier molecular flexibility index (Phi) is 17.6. The van der Waals surface area contributed by atoms with E-state index in [0.29, 0.717) is 38.5 Å². The predicted molar refractivity (Wildman–Crippen MR) is 131 cm³/mol. The number of aliphatic carboxylic acids is 1. The number of aliphatic imine (C=N–C) groups is 1. The van der Waals surface area contributed by atoms with Crippen molar-refractivity contribution >= 4 is 42.3 Å². The molecule has 3 unspecified atom stereocenters. The SMILES string of the molecule is CCCCCCCC(NC(=O)CNC(=O)C(CC(=O)O)NC=O)C(=O)NC(C=O)CCCN=C(N)N. The van der Waals surface area contributed by atoms with Gasteiger partial charge in [-0.3, -0.25) is 29.0 Å². The second kappa shape index (κ2) is 19.6. The molecule has 0 bridgehead atoms. The van der Waals surface area contributed by atoms with E-state index in [2.05, 4.69) is 33.2 Å². The zero-order chi connectivity index (χ0) is 27.3. The quantitative estimate of drug-likeness (QED) is 0.0399. The standard InChI is InChI=1S/C22H39N7O7/c1-2-3-4-5-6-9-16(21(36)28-15(13-30)8-7-10-25-22(23)24)29-18(32)12-26-20(35)17(27-14-31)11-19(33)34/h13-17H,2-12H2,1H3,(H,26,35)(H,27,31)(H,28,36)(H,29,32)(H,33,34)(H4,23,24,25). The topological polar surface area (TPSA) is 235 Å². The maximum Gasteiger partial charge on any atom is 0.305 e. The van der Waals surface area contributed by atoms with E-state index in [-0.39, 0.29) is 12.4 Å². The molecule has 0 saturated carbocycles. The molecule has 3 atom stereocenters. The molecular formula is C22H39N7O7. The largest absolute Gasteiger partial charge is 0.481 e. The number of unbranched alkanes of at least 4 members (excludes halogenated alkanes) is 4. The smallest absolute Gasteiger partial charge is 0.305 e. The van der Waals surface area contributed by atoms with Crippen LogP contribution < -0.4 is 32.7 Å². The molecular weight excluding hydrogens is 474 g/mol. The molecule has 0 rings (SSSR count). The summed E-state index contributed by atoms with van der Waals surface area (Å²) >= 11 is 0. The van der Waals surface area contributed by atoms with Gasteiger partial charge < -0.3 is 42.6 Å². The lowest BCUT2D eigenvalue weighted by Crippen LogP contribution is -2.53. The highest BCUT2D eigenvalue weighted by atomic mass is 16.4. The van der Waals surface area contributed by atoms with E-state index in [1.165, 1.54) is 0 Å². The third-order valence-electron chi connectivity index (χ3n) is 5.10. The number of carboxylic acid groups (broad SMARTS) is 1. The summed E-state index contributed by atoms with van der Waals surface area (Å²) in [6.45, 7) is 1.83. The fourth-order valence-electron chi connectivity index (χ4n) is 3.22. The molecule has 14 heteroatoms. The molecule has 14 nitrogen and oxygen atoms in total. The van der Waals surface area contributed by atoms with E-state index >= 15 is 0 Å². The number of carboxylic acids is 1. The molecule has 0 spiro atoms. The number of nitrogens with two attached hydrogens (primary N) is 2. The molecule has 0 saturated heterocycles. The van der Waals surface area contributed by atoms with Crippen LogP contribution in [0.5, 0.6) is 0 Å². The van der Waals surface area contributed by atoms with Gasteiger partial charge >= 0.3 is 5.97 Å². The minimum atomic E-state index is -1.35. The highest BCUT2D eigenvalue weighted by Crippen LogP contribution is 2.08. The van der Waals surface area contributed by atoms with Crippen molar-refractivity contribution in [3.63, 3.8) is 0 Å². The van der Waals surface area contributed by atoms with E-state index in [4.69, 9.17) is 16.6 Å². The monoisotopic (exact) mass is 513 g/mol. The number of carbonyl (C=O) groups excluding carboxylic acids is 5. The second-order valence-corrected chi connectivity index (χ2v) is 8.18. The number of aldehydes is 1. The molecule has 0 heterocycles. The summed E-state index contributed by atoms with van der Waals surface area (Å²) in [5.74, 6) is -3.47. The number of nitrogens with zero attached hydrogens (tertiary/aromatic N) is 1. The fourth-order valence-corrected chi connectivity index (χ4v) is 3.22. The van der Waals surface area contributed by atoms with Gasteiger partial charge in [0.2, 0.25) is 24.1 Å². The molecule has 0 aromatic carbocycles. The van der Waals surface area contributed by atoms with Crippen LogP contribution in [0, 0.1) is 0 Å². The summed E-state index contributed by atoms with van der Waals surface area (Å²) in [7, 11) is 0. The van der Waals surface area contributed by atoms with Gasteiger partial charge in [0.1, 0.15) is 18.4 Å². The minimum absolute atomic E-state index is 0.0733. The molecule has 9 N–H and O–H groups in total. The first-order valence-electron chi connectivity index (χ1n) is 11.9. The second-order valence-electron chi connectivity index (χ2n) is 8.18. The summed E-state index contributed by atoms with van der Waals surface area (Å²) in [6, 6.07) is -3.09. The van der Waals surface area contributed by atoms with Crippen LogP contribution in [0.15, 0.2) is 4.99 Å². The number of hydrogen-bond acceptors (Lipinski definition) is 7. The molecule has 36 heavy (non-hydrogen) atoms. The summed E-state index contributed by atoms with van der Waals surface area (Å²) in [5.41, 5.74) is 10.5. The van der Waals surface area contributed by atoms with Crippen LogP contribution in [0.3, 0.4) is 0 Å². The first-order valence-corrected chi connectivity index (χ1v) is 11.9. The number of rotatable bonds is 21. The Morgan fingerprint density at radius 2 is 1.61 bits per heavy atom. The van der Waals surface area contributed by atoms with E-state index in [9.17, 15) is 28.8 Å². The van der Waals surface area contributed by atoms with E-state index in [1.807, 2.05) is 0 Å². The van der Waals surface area contributed by atoms with Crippen molar-refractivity contribution in [3.8, 4) is 0 Å². The van der Waals surface area contributed by atoms with Gasteiger partial charge in [0.25, 0.3) is 0 Å². The zero-order valence-corrected chi connectivity index (χ0v) is 20.7. The van der Waals surface area contributed by atoms with Crippen LogP contribution >= 0.6 is 0 Å². The van der Waals surface area contributed by atoms with Crippen molar-refractivity contribution in [2.24, 2.45) is 16.5 Å². The van der Waals surface area contributed by atoms with E-state index in [1.54, 1.807) is 0 Å². The molecule has 0 aromatic rings. The normalized spacial score (nSPS) is 12.8. The molecule has 0 aromatic heterocycles. The number of hydrogen-bond donors (Lipinski definition) is 7. The van der Waals surface area contributed by atoms with Gasteiger partial charge in [-0.1, -0.05) is 39.0 Å². The van der Waals surface area contributed by atoms with Crippen LogP contribution in [0.25, 0.3) is 0 Å². The number of nitrogens with one attached hydrogen (secondary N) is 4. The van der Waals surface area contributed by atoms with Crippen LogP contribution in [0.4, 0.5) is 0 Å². The Balaban J connectivity index is 5.01. The first-order chi connectivity index (χ1) is 17.1. The highest BCUT2D eigenvalue weighted by Gasteiger charge is 2.25. The first kappa shape index (κ1) is 32.3. The summed E-state index contributed by atoms with van der Waals surface area (Å²) in [6.07, 6.45) is 5.78. The van der Waals surface area contributed by atoms with Gasteiger partial charge in [0.05, 0.1) is 19.0 Å². The maximum atomic E-state index is 12.8. The Morgan fingerprint density at radius 3 is 2.19 bits per heavy atom. The molecule has 204 valence electrons. The van der Waals surface area contributed by atoms with Crippen molar-refractivity contribution < 1.29 is 33.9 Å². The fraction of sp³-hybridized carbons (Fsp3) is 0.682. The summed E-state index contributed by atoms with van der Waals surface area (Å²) < 4.78 is 0. The minimum Gasteiger partial charge on any atom is -0.481 e. The lowest BCUT2D eigenvalue weighted by Gasteiger charge is -2.21. The van der Waals surface area contributed by atoms with Crippen LogP contribution in [0.1, 0.15) is 64.7 Å². The van der Waals surface area contributed by atoms with E-state index < -0.39 is 54.8 Å². The Hall–Kier alpha value is -3.71. The van der Waals surface area contributed by atoms with Crippen molar-refractivity contribution in [2.75, 3.05) is 13.1 Å². The van der Waals surface area contributed by atoms with Crippen molar-refractivity contribution in [1.82, 2.24) is 21.3 Å². The Morgan fingerprint density at radius 1 is 0.917 bits per heavy atom. The molecule has 0 aliphatic carbocycles. The predicted octanol–water partition coefficient (Wildman–Crippen LogP) is -1.73. The number of amides is 4. The average Bonchev–Trinajstić information content (AvgIpc) is 2.82. The number of carbonyl (C=O) groups is 6. The van der Waals surface area contributed by atoms with Gasteiger partial charge in [-0.15, -0.1) is 0 Å². The number of guanidine groups is 1. The lowest BCUT2D eigenvalue weighted by molar-refractivity contribution is -0.140. The summed E-state index contributed by atoms with van der Waals surface area (Å²) in [4.78, 5) is 74.0. The van der Waals surface area contributed by atoms with Gasteiger partial charge in [-0.25, -0.2) is 0 Å². The molecule has 4 amide bonds. The average molecular weight is 514 g/mol. The van der Waals surface area contributed by atoms with Crippen LogP contribution in [-0.4, -0.2) is 78.7 Å². The van der Waals surface area contributed by atoms with Gasteiger partial charge in [-0.05, 0) is 19.3 Å². The lowest BCUT2D eigenvalue weighted by atomic mass is 10.0. The van der Waals surface area contributed by atoms with Crippen molar-refractivity contribution in [1.29, 1.82) is 0 Å². The van der Waals surface area contributed by atoms with Crippen molar-refractivity contribution in [2.45, 2.75) is 82.8 Å². The van der Waals surface area contributed by atoms with Gasteiger partial charge in [0, 0.05) is 6.54 Å². The third kappa shape index (κ3) is 16.0. The van der Waals surface area contributed by atoms with E-state index in [0.717, 1.165) is 25.7 Å².